The number of nitrogens with one attached hydrogen (secondary N) is 2. The Labute approximate surface area is 152 Å². The number of ether oxygens (including phenoxy) is 1. The molecule has 2 N–H and O–H groups in total. The number of amides is 3. The highest BCUT2D eigenvalue weighted by Crippen LogP contribution is 2.39. The highest BCUT2D eigenvalue weighted by molar-refractivity contribution is 7.17. The number of imide groups is 1. The Hall–Kier alpha value is -1.89. The molecule has 0 radical (unpaired) electrons. The first kappa shape index (κ1) is 19.4. The second-order valence-electron chi connectivity index (χ2n) is 6.38. The minimum Gasteiger partial charge on any atom is -0.450 e. The van der Waals surface area contributed by atoms with E-state index in [-0.39, 0.29) is 12.5 Å². The van der Waals surface area contributed by atoms with Crippen LogP contribution in [0.25, 0.3) is 0 Å². The highest BCUT2D eigenvalue weighted by Gasteiger charge is 2.29. The van der Waals surface area contributed by atoms with Crippen LogP contribution in [-0.2, 0) is 22.4 Å². The summed E-state index contributed by atoms with van der Waals surface area (Å²) >= 11 is 1.45. The largest absolute Gasteiger partial charge is 0.450 e. The van der Waals surface area contributed by atoms with E-state index >= 15 is 0 Å². The summed E-state index contributed by atoms with van der Waals surface area (Å²) in [6.07, 6.45) is 4.06. The van der Waals surface area contributed by atoms with Crippen molar-refractivity contribution in [3.05, 3.63) is 16.0 Å². The Morgan fingerprint density at radius 1 is 1.28 bits per heavy atom. The van der Waals surface area contributed by atoms with Gasteiger partial charge in [0.2, 0.25) is 5.91 Å². The van der Waals surface area contributed by atoms with Crippen molar-refractivity contribution < 1.29 is 19.1 Å². The zero-order valence-electron chi connectivity index (χ0n) is 15.1. The van der Waals surface area contributed by atoms with Gasteiger partial charge in [-0.15, -0.1) is 11.3 Å². The minimum atomic E-state index is -0.764. The van der Waals surface area contributed by atoms with Crippen molar-refractivity contribution in [2.24, 2.45) is 5.92 Å². The topological polar surface area (TPSA) is 84.5 Å². The highest BCUT2D eigenvalue weighted by atomic mass is 32.1. The third-order valence-corrected chi connectivity index (χ3v) is 5.41. The van der Waals surface area contributed by atoms with Gasteiger partial charge in [0.25, 0.3) is 5.91 Å². The van der Waals surface area contributed by atoms with E-state index in [2.05, 4.69) is 17.6 Å². The van der Waals surface area contributed by atoms with Gasteiger partial charge in [-0.25, -0.2) is 4.79 Å². The molecule has 0 bridgehead atoms. The van der Waals surface area contributed by atoms with E-state index in [1.807, 2.05) is 6.92 Å². The lowest BCUT2D eigenvalue weighted by atomic mass is 9.88. The van der Waals surface area contributed by atoms with E-state index in [9.17, 15) is 14.4 Å². The van der Waals surface area contributed by atoms with Gasteiger partial charge in [-0.2, -0.15) is 0 Å². The van der Waals surface area contributed by atoms with Gasteiger partial charge < -0.3 is 10.1 Å². The summed E-state index contributed by atoms with van der Waals surface area (Å²) in [6.45, 7) is 6.08. The Balaban J connectivity index is 2.26. The van der Waals surface area contributed by atoms with Crippen molar-refractivity contribution in [3.63, 3.8) is 0 Å². The Bertz CT molecular complexity index is 654. The predicted molar refractivity (Wildman–Crippen MR) is 98.2 cm³/mol. The molecular weight excluding hydrogens is 340 g/mol. The zero-order valence-corrected chi connectivity index (χ0v) is 15.9. The number of hydrogen-bond acceptors (Lipinski definition) is 5. The molecule has 0 saturated carbocycles. The monoisotopic (exact) mass is 366 g/mol. The van der Waals surface area contributed by atoms with Gasteiger partial charge in [0.05, 0.1) is 12.2 Å². The van der Waals surface area contributed by atoms with Crippen molar-refractivity contribution in [3.8, 4) is 0 Å². The molecule has 1 aliphatic rings. The van der Waals surface area contributed by atoms with E-state index in [1.54, 1.807) is 6.92 Å². The first-order valence-electron chi connectivity index (χ1n) is 8.88. The Morgan fingerprint density at radius 3 is 2.72 bits per heavy atom. The smallest absolute Gasteiger partial charge is 0.414 e. The molecule has 1 aromatic rings. The maximum atomic E-state index is 12.6. The van der Waals surface area contributed by atoms with Crippen LogP contribution in [-0.4, -0.2) is 24.5 Å². The summed E-state index contributed by atoms with van der Waals surface area (Å²) < 4.78 is 4.79. The van der Waals surface area contributed by atoms with Crippen LogP contribution in [0.4, 0.5) is 9.80 Å². The lowest BCUT2D eigenvalue weighted by Gasteiger charge is -2.18. The maximum Gasteiger partial charge on any atom is 0.414 e. The Morgan fingerprint density at radius 2 is 2.04 bits per heavy atom. The molecule has 1 aliphatic carbocycles. The molecule has 0 spiro atoms. The van der Waals surface area contributed by atoms with Crippen LogP contribution >= 0.6 is 11.3 Å². The van der Waals surface area contributed by atoms with Gasteiger partial charge in [0.15, 0.2) is 0 Å². The number of hydrogen-bond donors (Lipinski definition) is 2. The number of alkyl carbamates (subject to hydrolysis) is 1. The average Bonchev–Trinajstić information content (AvgIpc) is 2.89. The lowest BCUT2D eigenvalue weighted by Crippen LogP contribution is -2.32. The molecule has 0 aromatic carbocycles. The molecule has 25 heavy (non-hydrogen) atoms. The number of thiophene rings is 1. The van der Waals surface area contributed by atoms with E-state index in [0.717, 1.165) is 42.5 Å². The number of carbonyl (C=O) groups excluding carboxylic acids is 3. The van der Waals surface area contributed by atoms with E-state index in [1.165, 1.54) is 11.3 Å². The molecule has 0 unspecified atom stereocenters. The summed E-state index contributed by atoms with van der Waals surface area (Å²) in [4.78, 5) is 37.5. The van der Waals surface area contributed by atoms with E-state index < -0.39 is 12.0 Å². The quantitative estimate of drug-likeness (QED) is 0.800. The van der Waals surface area contributed by atoms with Crippen molar-refractivity contribution >= 4 is 34.2 Å². The van der Waals surface area contributed by atoms with Gasteiger partial charge >= 0.3 is 6.09 Å². The minimum absolute atomic E-state index is 0.0984. The second kappa shape index (κ2) is 8.99. The molecule has 0 fully saturated rings. The SMILES string of the molecule is CCCCC(=O)Nc1sc2c(c1C(=O)NC(=O)OCC)CC[C@H](C)C2. The van der Waals surface area contributed by atoms with Gasteiger partial charge in [-0.1, -0.05) is 20.3 Å². The third kappa shape index (κ3) is 5.04. The van der Waals surface area contributed by atoms with Crippen LogP contribution in [0, 0.1) is 5.92 Å². The molecule has 0 aliphatic heterocycles. The fourth-order valence-electron chi connectivity index (χ4n) is 2.93. The predicted octanol–water partition coefficient (Wildman–Crippen LogP) is 3.89. The van der Waals surface area contributed by atoms with Gasteiger partial charge in [0.1, 0.15) is 5.00 Å². The molecule has 1 atom stereocenters. The van der Waals surface area contributed by atoms with Gasteiger partial charge in [-0.3, -0.25) is 14.9 Å². The van der Waals surface area contributed by atoms with Crippen LogP contribution in [0.1, 0.15) is 67.3 Å². The second-order valence-corrected chi connectivity index (χ2v) is 7.49. The van der Waals surface area contributed by atoms with Crippen LogP contribution in [0.3, 0.4) is 0 Å². The molecule has 0 saturated heterocycles. The number of rotatable bonds is 6. The first-order chi connectivity index (χ1) is 12.0. The summed E-state index contributed by atoms with van der Waals surface area (Å²) in [6, 6.07) is 0. The normalized spacial score (nSPS) is 16.0. The average molecular weight is 366 g/mol. The summed E-state index contributed by atoms with van der Waals surface area (Å²) in [7, 11) is 0. The molecule has 6 nitrogen and oxygen atoms in total. The fraction of sp³-hybridized carbons (Fsp3) is 0.611. The number of carbonyl (C=O) groups is 3. The van der Waals surface area contributed by atoms with Gasteiger partial charge in [0, 0.05) is 11.3 Å². The third-order valence-electron chi connectivity index (χ3n) is 4.24. The molecule has 2 rings (SSSR count). The molecule has 1 aromatic heterocycles. The van der Waals surface area contributed by atoms with Crippen molar-refractivity contribution in [1.82, 2.24) is 5.32 Å². The van der Waals surface area contributed by atoms with Gasteiger partial charge in [-0.05, 0) is 44.1 Å². The fourth-order valence-corrected chi connectivity index (χ4v) is 4.35. The summed E-state index contributed by atoms with van der Waals surface area (Å²) in [5.74, 6) is -0.0502. The van der Waals surface area contributed by atoms with Crippen LogP contribution in [0.2, 0.25) is 0 Å². The molecule has 138 valence electrons. The lowest BCUT2D eigenvalue weighted by molar-refractivity contribution is -0.116. The number of unbranched alkanes of at least 4 members (excludes halogenated alkanes) is 1. The standard InChI is InChI=1S/C18H26N2O4S/c1-4-6-7-14(21)19-17-15(16(22)20-18(23)24-5-2)12-9-8-11(3)10-13(12)25-17/h11H,4-10H2,1-3H3,(H,19,21)(H,20,22,23)/t11-/m0/s1. The van der Waals surface area contributed by atoms with Crippen molar-refractivity contribution in [2.45, 2.75) is 59.3 Å². The van der Waals surface area contributed by atoms with Crippen LogP contribution < -0.4 is 10.6 Å². The van der Waals surface area contributed by atoms with E-state index in [4.69, 9.17) is 4.74 Å². The maximum absolute atomic E-state index is 12.6. The van der Waals surface area contributed by atoms with E-state index in [0.29, 0.717) is 22.9 Å². The Kier molecular flexibility index (Phi) is 6.99. The van der Waals surface area contributed by atoms with Crippen molar-refractivity contribution in [1.29, 1.82) is 0 Å². The molecular formula is C18H26N2O4S. The first-order valence-corrected chi connectivity index (χ1v) is 9.70. The van der Waals surface area contributed by atoms with Crippen LogP contribution in [0.5, 0.6) is 0 Å². The van der Waals surface area contributed by atoms with Crippen LogP contribution in [0.15, 0.2) is 0 Å². The summed E-state index contributed by atoms with van der Waals surface area (Å²) in [5, 5.41) is 5.67. The molecule has 7 heteroatoms. The zero-order chi connectivity index (χ0) is 18.4. The number of fused-ring (bicyclic) bond motifs is 1. The molecule has 3 amide bonds. The number of anilines is 1. The summed E-state index contributed by atoms with van der Waals surface area (Å²) in [5.41, 5.74) is 1.38. The molecule has 1 heterocycles. The van der Waals surface area contributed by atoms with Crippen molar-refractivity contribution in [2.75, 3.05) is 11.9 Å².